The van der Waals surface area contributed by atoms with Crippen LogP contribution in [0.2, 0.25) is 0 Å². The van der Waals surface area contributed by atoms with E-state index in [1.54, 1.807) is 4.90 Å². The van der Waals surface area contributed by atoms with Crippen molar-refractivity contribution in [2.24, 2.45) is 0 Å². The predicted octanol–water partition coefficient (Wildman–Crippen LogP) is 1.32. The second kappa shape index (κ2) is 6.63. The first-order valence-corrected chi connectivity index (χ1v) is 10.2. The van der Waals surface area contributed by atoms with Crippen LogP contribution in [0, 0.1) is 13.8 Å². The van der Waals surface area contributed by atoms with E-state index in [0.29, 0.717) is 19.5 Å². The standard InChI is InChI=1S/C17H25N3O3S/c1-13-3-4-14(2)16(11-13)19-6-8-20(9-7-19)17(21)18-15-5-10-24(22,23)12-15/h3-4,11,15H,5-10,12H2,1-2H3,(H,18,21). The van der Waals surface area contributed by atoms with Crippen LogP contribution in [-0.4, -0.2) is 63.1 Å². The number of rotatable bonds is 2. The minimum atomic E-state index is -2.97. The van der Waals surface area contributed by atoms with Crippen LogP contribution >= 0.6 is 0 Å². The van der Waals surface area contributed by atoms with Gasteiger partial charge in [0.2, 0.25) is 0 Å². The molecule has 2 aliphatic heterocycles. The van der Waals surface area contributed by atoms with Gasteiger partial charge in [-0.25, -0.2) is 13.2 Å². The summed E-state index contributed by atoms with van der Waals surface area (Å²) in [7, 11) is -2.97. The van der Waals surface area contributed by atoms with Crippen molar-refractivity contribution in [1.29, 1.82) is 0 Å². The summed E-state index contributed by atoms with van der Waals surface area (Å²) in [5, 5.41) is 2.87. The fourth-order valence-corrected chi connectivity index (χ4v) is 5.06. The zero-order valence-electron chi connectivity index (χ0n) is 14.3. The maximum absolute atomic E-state index is 12.3. The van der Waals surface area contributed by atoms with E-state index in [-0.39, 0.29) is 23.6 Å². The molecule has 2 saturated heterocycles. The molecule has 3 rings (SSSR count). The lowest BCUT2D eigenvalue weighted by molar-refractivity contribution is 0.191. The third kappa shape index (κ3) is 3.83. The minimum Gasteiger partial charge on any atom is -0.368 e. The smallest absolute Gasteiger partial charge is 0.317 e. The van der Waals surface area contributed by atoms with Crippen LogP contribution in [0.15, 0.2) is 18.2 Å². The summed E-state index contributed by atoms with van der Waals surface area (Å²) in [5.74, 6) is 0.250. The van der Waals surface area contributed by atoms with E-state index < -0.39 is 9.84 Å². The fourth-order valence-electron chi connectivity index (χ4n) is 3.39. The first-order valence-electron chi connectivity index (χ1n) is 8.42. The molecule has 1 aromatic carbocycles. The highest BCUT2D eigenvalue weighted by Crippen LogP contribution is 2.23. The molecule has 0 bridgehead atoms. The molecule has 2 aliphatic rings. The largest absolute Gasteiger partial charge is 0.368 e. The Morgan fingerprint density at radius 2 is 1.88 bits per heavy atom. The Kier molecular flexibility index (Phi) is 4.71. The molecule has 0 radical (unpaired) electrons. The second-order valence-corrected chi connectivity index (χ2v) is 9.04. The first-order chi connectivity index (χ1) is 11.3. The summed E-state index contributed by atoms with van der Waals surface area (Å²) in [6.45, 7) is 7.08. The van der Waals surface area contributed by atoms with Crippen molar-refractivity contribution in [2.75, 3.05) is 42.6 Å². The van der Waals surface area contributed by atoms with Crippen LogP contribution in [0.5, 0.6) is 0 Å². The van der Waals surface area contributed by atoms with E-state index in [0.717, 1.165) is 13.1 Å². The van der Waals surface area contributed by atoms with E-state index in [4.69, 9.17) is 0 Å². The maximum Gasteiger partial charge on any atom is 0.317 e. The predicted molar refractivity (Wildman–Crippen MR) is 95.3 cm³/mol. The molecule has 2 amide bonds. The highest BCUT2D eigenvalue weighted by molar-refractivity contribution is 7.91. The van der Waals surface area contributed by atoms with Gasteiger partial charge in [0, 0.05) is 37.9 Å². The monoisotopic (exact) mass is 351 g/mol. The van der Waals surface area contributed by atoms with Crippen molar-refractivity contribution in [2.45, 2.75) is 26.3 Å². The number of sulfone groups is 1. The number of anilines is 1. The number of hydrogen-bond acceptors (Lipinski definition) is 4. The molecule has 24 heavy (non-hydrogen) atoms. The summed E-state index contributed by atoms with van der Waals surface area (Å²) in [5.41, 5.74) is 3.71. The fraction of sp³-hybridized carbons (Fsp3) is 0.588. The van der Waals surface area contributed by atoms with E-state index in [2.05, 4.69) is 42.3 Å². The molecule has 1 N–H and O–H groups in total. The van der Waals surface area contributed by atoms with Gasteiger partial charge < -0.3 is 15.1 Å². The normalized spacial score (nSPS) is 23.3. The number of hydrogen-bond donors (Lipinski definition) is 1. The van der Waals surface area contributed by atoms with Crippen molar-refractivity contribution in [1.82, 2.24) is 10.2 Å². The van der Waals surface area contributed by atoms with Gasteiger partial charge in [-0.05, 0) is 37.5 Å². The molecule has 2 fully saturated rings. The van der Waals surface area contributed by atoms with Gasteiger partial charge in [0.15, 0.2) is 9.84 Å². The zero-order chi connectivity index (χ0) is 17.3. The number of nitrogens with zero attached hydrogens (tertiary/aromatic N) is 2. The Balaban J connectivity index is 1.55. The molecule has 1 aromatic rings. The molecule has 0 aromatic heterocycles. The van der Waals surface area contributed by atoms with Gasteiger partial charge in [-0.2, -0.15) is 0 Å². The van der Waals surface area contributed by atoms with Crippen LogP contribution in [0.25, 0.3) is 0 Å². The summed E-state index contributed by atoms with van der Waals surface area (Å²) in [4.78, 5) is 16.4. The molecular weight excluding hydrogens is 326 g/mol. The number of nitrogens with one attached hydrogen (secondary N) is 1. The number of urea groups is 1. The molecule has 0 saturated carbocycles. The van der Waals surface area contributed by atoms with Crippen molar-refractivity contribution in [3.63, 3.8) is 0 Å². The van der Waals surface area contributed by atoms with E-state index in [9.17, 15) is 13.2 Å². The molecule has 2 heterocycles. The number of amides is 2. The van der Waals surface area contributed by atoms with Gasteiger partial charge in [0.05, 0.1) is 11.5 Å². The highest BCUT2D eigenvalue weighted by atomic mass is 32.2. The summed E-state index contributed by atoms with van der Waals surface area (Å²) in [6, 6.07) is 6.05. The third-order valence-corrected chi connectivity index (χ3v) is 6.60. The Labute approximate surface area is 143 Å². The lowest BCUT2D eigenvalue weighted by Crippen LogP contribution is -2.53. The van der Waals surface area contributed by atoms with Crippen LogP contribution in [0.3, 0.4) is 0 Å². The number of piperazine rings is 1. The Bertz CT molecular complexity index is 725. The van der Waals surface area contributed by atoms with Crippen molar-refractivity contribution in [3.05, 3.63) is 29.3 Å². The van der Waals surface area contributed by atoms with Gasteiger partial charge in [0.1, 0.15) is 0 Å². The van der Waals surface area contributed by atoms with Gasteiger partial charge in [-0.3, -0.25) is 0 Å². The van der Waals surface area contributed by atoms with Crippen molar-refractivity contribution in [3.8, 4) is 0 Å². The summed E-state index contributed by atoms with van der Waals surface area (Å²) in [6.07, 6.45) is 0.524. The molecule has 132 valence electrons. The topological polar surface area (TPSA) is 69.7 Å². The average Bonchev–Trinajstić information content (AvgIpc) is 2.88. The quantitative estimate of drug-likeness (QED) is 0.872. The minimum absolute atomic E-state index is 0.0706. The van der Waals surface area contributed by atoms with Gasteiger partial charge in [-0.1, -0.05) is 12.1 Å². The SMILES string of the molecule is Cc1ccc(C)c(N2CCN(C(=O)NC3CCS(=O)(=O)C3)CC2)c1. The zero-order valence-corrected chi connectivity index (χ0v) is 15.1. The van der Waals surface area contributed by atoms with Crippen LogP contribution < -0.4 is 10.2 Å². The summed E-state index contributed by atoms with van der Waals surface area (Å²) < 4.78 is 23.0. The second-order valence-electron chi connectivity index (χ2n) is 6.81. The number of carbonyl (C=O) groups is 1. The number of carbonyl (C=O) groups excluding carboxylic acids is 1. The molecular formula is C17H25N3O3S. The lowest BCUT2D eigenvalue weighted by Gasteiger charge is -2.37. The third-order valence-electron chi connectivity index (χ3n) is 4.83. The number of aryl methyl sites for hydroxylation is 2. The van der Waals surface area contributed by atoms with Gasteiger partial charge >= 0.3 is 6.03 Å². The average molecular weight is 351 g/mol. The van der Waals surface area contributed by atoms with E-state index in [1.807, 2.05) is 0 Å². The van der Waals surface area contributed by atoms with Crippen LogP contribution in [0.1, 0.15) is 17.5 Å². The Morgan fingerprint density at radius 1 is 1.17 bits per heavy atom. The Hall–Kier alpha value is -1.76. The molecule has 1 atom stereocenters. The van der Waals surface area contributed by atoms with Crippen LogP contribution in [-0.2, 0) is 9.84 Å². The molecule has 0 spiro atoms. The van der Waals surface area contributed by atoms with Gasteiger partial charge in [0.25, 0.3) is 0 Å². The van der Waals surface area contributed by atoms with Crippen LogP contribution in [0.4, 0.5) is 10.5 Å². The van der Waals surface area contributed by atoms with Gasteiger partial charge in [-0.15, -0.1) is 0 Å². The summed E-state index contributed by atoms with van der Waals surface area (Å²) >= 11 is 0. The van der Waals surface area contributed by atoms with Crippen molar-refractivity contribution >= 4 is 21.6 Å². The van der Waals surface area contributed by atoms with Crippen molar-refractivity contribution < 1.29 is 13.2 Å². The molecule has 7 heteroatoms. The lowest BCUT2D eigenvalue weighted by atomic mass is 10.1. The first kappa shape index (κ1) is 17.1. The molecule has 6 nitrogen and oxygen atoms in total. The van der Waals surface area contributed by atoms with E-state index in [1.165, 1.54) is 16.8 Å². The molecule has 1 unspecified atom stereocenters. The Morgan fingerprint density at radius 3 is 2.50 bits per heavy atom. The molecule has 0 aliphatic carbocycles. The maximum atomic E-state index is 12.3. The van der Waals surface area contributed by atoms with E-state index >= 15 is 0 Å². The highest BCUT2D eigenvalue weighted by Gasteiger charge is 2.31. The number of benzene rings is 1.